The topological polar surface area (TPSA) is 63.8 Å². The van der Waals surface area contributed by atoms with E-state index < -0.39 is 0 Å². The lowest BCUT2D eigenvalue weighted by Gasteiger charge is -2.15. The normalized spacial score (nSPS) is 12.5. The number of hydrogen-bond donors (Lipinski definition) is 1. The molecule has 0 bridgehead atoms. The SMILES string of the molecule is C1=Cc2oc3cccc(-c4ccc(-c5nc(-c6ccc7ccccc7c6)nc(-c6ccc7ccccc7c6)n5)c5ccccc45)c3c2NC1. The first-order chi connectivity index (χ1) is 24.3. The molecule has 0 unspecified atom stereocenters. The molecule has 7 aromatic carbocycles. The molecule has 0 spiro atoms. The van der Waals surface area contributed by atoms with Gasteiger partial charge >= 0.3 is 0 Å². The first-order valence-corrected chi connectivity index (χ1v) is 16.5. The van der Waals surface area contributed by atoms with Gasteiger partial charge in [0.25, 0.3) is 0 Å². The summed E-state index contributed by atoms with van der Waals surface area (Å²) >= 11 is 0. The van der Waals surface area contributed by atoms with Crippen molar-refractivity contribution in [2.75, 3.05) is 11.9 Å². The van der Waals surface area contributed by atoms with Gasteiger partial charge in [0.15, 0.2) is 23.2 Å². The van der Waals surface area contributed by atoms with Crippen LogP contribution in [-0.2, 0) is 0 Å². The Kier molecular flexibility index (Phi) is 6.18. The van der Waals surface area contributed by atoms with Gasteiger partial charge in [0.05, 0.1) is 11.1 Å². The minimum atomic E-state index is 0.634. The van der Waals surface area contributed by atoms with Crippen LogP contribution in [0.5, 0.6) is 0 Å². The molecule has 9 aromatic rings. The van der Waals surface area contributed by atoms with Crippen LogP contribution in [0.3, 0.4) is 0 Å². The Hall–Kier alpha value is -6.59. The van der Waals surface area contributed by atoms with Crippen LogP contribution in [-0.4, -0.2) is 21.5 Å². The third-order valence-electron chi connectivity index (χ3n) is 9.51. The van der Waals surface area contributed by atoms with Crippen molar-refractivity contribution in [2.45, 2.75) is 0 Å². The van der Waals surface area contributed by atoms with E-state index in [1.807, 2.05) is 6.07 Å². The average molecular weight is 629 g/mol. The monoisotopic (exact) mass is 628 g/mol. The van der Waals surface area contributed by atoms with Crippen LogP contribution >= 0.6 is 0 Å². The smallest absolute Gasteiger partial charge is 0.164 e. The number of nitrogens with one attached hydrogen (secondary N) is 1. The highest BCUT2D eigenvalue weighted by molar-refractivity contribution is 6.12. The number of hydrogen-bond acceptors (Lipinski definition) is 5. The molecule has 1 aliphatic heterocycles. The molecule has 0 atom stereocenters. The predicted octanol–water partition coefficient (Wildman–Crippen LogP) is 11.2. The van der Waals surface area contributed by atoms with E-state index in [4.69, 9.17) is 19.4 Å². The van der Waals surface area contributed by atoms with Gasteiger partial charge in [0.2, 0.25) is 0 Å². The summed E-state index contributed by atoms with van der Waals surface area (Å²) in [6.07, 6.45) is 4.14. The molecule has 230 valence electrons. The molecule has 10 rings (SSSR count). The van der Waals surface area contributed by atoms with Crippen LogP contribution in [0.25, 0.3) is 94.7 Å². The maximum Gasteiger partial charge on any atom is 0.164 e. The minimum Gasteiger partial charge on any atom is -0.454 e. The fourth-order valence-electron chi connectivity index (χ4n) is 7.15. The number of rotatable bonds is 4. The number of anilines is 1. The Balaban J connectivity index is 1.20. The van der Waals surface area contributed by atoms with Crippen molar-refractivity contribution < 1.29 is 4.42 Å². The Morgan fingerprint density at radius 1 is 0.490 bits per heavy atom. The number of nitrogens with zero attached hydrogens (tertiary/aromatic N) is 3. The fourth-order valence-corrected chi connectivity index (χ4v) is 7.15. The molecule has 49 heavy (non-hydrogen) atoms. The second kappa shape index (κ2) is 11.0. The van der Waals surface area contributed by atoms with E-state index in [1.165, 1.54) is 10.8 Å². The highest BCUT2D eigenvalue weighted by Crippen LogP contribution is 2.43. The van der Waals surface area contributed by atoms with E-state index in [2.05, 4.69) is 151 Å². The van der Waals surface area contributed by atoms with E-state index >= 15 is 0 Å². The number of benzene rings is 7. The predicted molar refractivity (Wildman–Crippen MR) is 201 cm³/mol. The second-order valence-electron chi connectivity index (χ2n) is 12.4. The van der Waals surface area contributed by atoms with Crippen molar-refractivity contribution in [1.82, 2.24) is 15.0 Å². The second-order valence-corrected chi connectivity index (χ2v) is 12.4. The molecule has 0 saturated heterocycles. The van der Waals surface area contributed by atoms with Gasteiger partial charge in [-0.05, 0) is 73.8 Å². The van der Waals surface area contributed by atoms with Crippen molar-refractivity contribution in [3.05, 3.63) is 151 Å². The Labute approximate surface area is 282 Å². The van der Waals surface area contributed by atoms with Crippen molar-refractivity contribution >= 4 is 55.0 Å². The zero-order valence-electron chi connectivity index (χ0n) is 26.4. The van der Waals surface area contributed by atoms with Crippen LogP contribution in [0.15, 0.2) is 150 Å². The quantitative estimate of drug-likeness (QED) is 0.210. The molecular weight excluding hydrogens is 601 g/mol. The van der Waals surface area contributed by atoms with Crippen LogP contribution in [0.1, 0.15) is 5.76 Å². The number of fused-ring (bicyclic) bond motifs is 6. The molecule has 0 saturated carbocycles. The first-order valence-electron chi connectivity index (χ1n) is 16.5. The number of aromatic nitrogens is 3. The summed E-state index contributed by atoms with van der Waals surface area (Å²) in [7, 11) is 0. The zero-order chi connectivity index (χ0) is 32.3. The molecule has 3 heterocycles. The van der Waals surface area contributed by atoms with Crippen LogP contribution < -0.4 is 5.32 Å². The van der Waals surface area contributed by atoms with E-state index in [-0.39, 0.29) is 0 Å². The summed E-state index contributed by atoms with van der Waals surface area (Å²) in [5, 5.41) is 11.5. The van der Waals surface area contributed by atoms with Gasteiger partial charge in [-0.25, -0.2) is 15.0 Å². The lowest BCUT2D eigenvalue weighted by molar-refractivity contribution is 0.604. The van der Waals surface area contributed by atoms with Gasteiger partial charge in [-0.3, -0.25) is 0 Å². The van der Waals surface area contributed by atoms with Crippen LogP contribution in [0.4, 0.5) is 5.69 Å². The van der Waals surface area contributed by atoms with Gasteiger partial charge in [0.1, 0.15) is 5.58 Å². The highest BCUT2D eigenvalue weighted by Gasteiger charge is 2.21. The van der Waals surface area contributed by atoms with E-state index in [1.54, 1.807) is 0 Å². The summed E-state index contributed by atoms with van der Waals surface area (Å²) in [5.74, 6) is 2.78. The van der Waals surface area contributed by atoms with Crippen molar-refractivity contribution in [1.29, 1.82) is 0 Å². The standard InChI is InChI=1S/C44H28N4O/c1-3-11-29-25-31(20-18-27(29)9-1)42-46-43(32-21-19-28-10-2-4-12-30(28)26-32)48-44(47-42)37-23-22-35(33-13-5-6-14-34(33)37)36-15-7-16-38-40(36)41-39(49-38)17-8-24-45-41/h1-23,25-26,45H,24H2. The maximum atomic E-state index is 6.25. The lowest BCUT2D eigenvalue weighted by atomic mass is 9.92. The molecule has 0 fully saturated rings. The van der Waals surface area contributed by atoms with Crippen molar-refractivity contribution in [2.24, 2.45) is 0 Å². The van der Waals surface area contributed by atoms with Gasteiger partial charge in [0, 0.05) is 23.2 Å². The highest BCUT2D eigenvalue weighted by atomic mass is 16.3. The molecule has 5 heteroatoms. The molecule has 1 N–H and O–H groups in total. The fraction of sp³-hybridized carbons (Fsp3) is 0.0227. The molecular formula is C44H28N4O. The Bertz CT molecular complexity index is 2700. The minimum absolute atomic E-state index is 0.634. The molecule has 0 aliphatic carbocycles. The van der Waals surface area contributed by atoms with Gasteiger partial charge in [-0.15, -0.1) is 0 Å². The van der Waals surface area contributed by atoms with E-state index in [9.17, 15) is 0 Å². The average Bonchev–Trinajstić information content (AvgIpc) is 3.56. The lowest BCUT2D eigenvalue weighted by Crippen LogP contribution is -2.02. The Morgan fingerprint density at radius 3 is 1.78 bits per heavy atom. The number of furan rings is 1. The first kappa shape index (κ1) is 27.5. The molecule has 5 nitrogen and oxygen atoms in total. The largest absolute Gasteiger partial charge is 0.454 e. The van der Waals surface area contributed by atoms with Crippen LogP contribution in [0.2, 0.25) is 0 Å². The maximum absolute atomic E-state index is 6.25. The Morgan fingerprint density at radius 2 is 1.08 bits per heavy atom. The van der Waals surface area contributed by atoms with Crippen molar-refractivity contribution in [3.8, 4) is 45.3 Å². The molecule has 0 radical (unpaired) electrons. The summed E-state index contributed by atoms with van der Waals surface area (Å²) in [6.45, 7) is 0.772. The third-order valence-corrected chi connectivity index (χ3v) is 9.51. The summed E-state index contributed by atoms with van der Waals surface area (Å²) in [5.41, 5.74) is 7.01. The van der Waals surface area contributed by atoms with E-state index in [0.717, 1.165) is 78.3 Å². The molecule has 2 aromatic heterocycles. The van der Waals surface area contributed by atoms with Gasteiger partial charge < -0.3 is 9.73 Å². The summed E-state index contributed by atoms with van der Waals surface area (Å²) in [6, 6.07) is 48.7. The summed E-state index contributed by atoms with van der Waals surface area (Å²) in [4.78, 5) is 15.4. The summed E-state index contributed by atoms with van der Waals surface area (Å²) < 4.78 is 6.25. The zero-order valence-corrected chi connectivity index (χ0v) is 26.4. The third kappa shape index (κ3) is 4.59. The van der Waals surface area contributed by atoms with Crippen LogP contribution in [0, 0.1) is 0 Å². The van der Waals surface area contributed by atoms with Gasteiger partial charge in [-0.2, -0.15) is 0 Å². The van der Waals surface area contributed by atoms with Crippen molar-refractivity contribution in [3.63, 3.8) is 0 Å². The van der Waals surface area contributed by atoms with E-state index in [0.29, 0.717) is 17.5 Å². The molecule has 0 amide bonds. The van der Waals surface area contributed by atoms with Gasteiger partial charge in [-0.1, -0.05) is 121 Å². The molecule has 1 aliphatic rings.